The quantitative estimate of drug-likeness (QED) is 0.561. The van der Waals surface area contributed by atoms with Crippen molar-refractivity contribution in [3.8, 4) is 11.9 Å². The molecule has 3 aromatic rings. The highest BCUT2D eigenvalue weighted by atomic mass is 79.9. The predicted molar refractivity (Wildman–Crippen MR) is 110 cm³/mol. The van der Waals surface area contributed by atoms with Crippen molar-refractivity contribution in [1.82, 2.24) is 14.8 Å². The molecule has 2 aromatic heterocycles. The summed E-state index contributed by atoms with van der Waals surface area (Å²) in [5.41, 5.74) is 2.27. The summed E-state index contributed by atoms with van der Waals surface area (Å²) in [5, 5.41) is 16.7. The molecule has 0 saturated heterocycles. The summed E-state index contributed by atoms with van der Waals surface area (Å²) in [7, 11) is 0. The summed E-state index contributed by atoms with van der Waals surface area (Å²) < 4.78 is 1.87. The number of benzene rings is 1. The molecule has 0 aliphatic carbocycles. The number of amides is 1. The molecule has 6 nitrogen and oxygen atoms in total. The van der Waals surface area contributed by atoms with Gasteiger partial charge in [-0.2, -0.15) is 10.4 Å². The standard InChI is InChI=1S/C18H13BrClN5OS/c1-10-6-11(9-21)7-14(27-2)16(10)23-18(26)13-8-15(19)24-25(13)17-12(20)4-3-5-22-17/h3-8H,1-2H3,(H,23,26). The first kappa shape index (κ1) is 19.4. The number of halogens is 2. The van der Waals surface area contributed by atoms with Gasteiger partial charge in [0.2, 0.25) is 0 Å². The number of rotatable bonds is 4. The number of aromatic nitrogens is 3. The highest BCUT2D eigenvalue weighted by Crippen LogP contribution is 2.31. The van der Waals surface area contributed by atoms with E-state index in [1.165, 1.54) is 16.4 Å². The van der Waals surface area contributed by atoms with E-state index in [-0.39, 0.29) is 11.6 Å². The van der Waals surface area contributed by atoms with Crippen molar-refractivity contribution in [3.05, 3.63) is 63.0 Å². The van der Waals surface area contributed by atoms with Crippen LogP contribution in [-0.4, -0.2) is 26.9 Å². The summed E-state index contributed by atoms with van der Waals surface area (Å²) >= 11 is 11.0. The van der Waals surface area contributed by atoms with Crippen LogP contribution in [0.15, 0.2) is 46.0 Å². The molecule has 1 amide bonds. The minimum atomic E-state index is -0.363. The molecule has 1 aromatic carbocycles. The van der Waals surface area contributed by atoms with Gasteiger partial charge in [-0.05, 0) is 58.9 Å². The van der Waals surface area contributed by atoms with Crippen LogP contribution in [0.4, 0.5) is 5.69 Å². The maximum Gasteiger partial charge on any atom is 0.274 e. The first-order valence-electron chi connectivity index (χ1n) is 7.71. The first-order chi connectivity index (χ1) is 12.9. The van der Waals surface area contributed by atoms with Gasteiger partial charge in [0.25, 0.3) is 5.91 Å². The summed E-state index contributed by atoms with van der Waals surface area (Å²) in [4.78, 5) is 18.0. The van der Waals surface area contributed by atoms with Crippen molar-refractivity contribution in [1.29, 1.82) is 5.26 Å². The molecule has 0 aliphatic rings. The van der Waals surface area contributed by atoms with Crippen LogP contribution in [0.25, 0.3) is 5.82 Å². The van der Waals surface area contributed by atoms with Gasteiger partial charge >= 0.3 is 0 Å². The van der Waals surface area contributed by atoms with Crippen LogP contribution >= 0.6 is 39.3 Å². The van der Waals surface area contributed by atoms with E-state index in [1.807, 2.05) is 13.2 Å². The molecule has 2 heterocycles. The number of nitrogens with one attached hydrogen (secondary N) is 1. The average molecular weight is 463 g/mol. The number of thioether (sulfide) groups is 1. The highest BCUT2D eigenvalue weighted by Gasteiger charge is 2.20. The molecule has 9 heteroatoms. The summed E-state index contributed by atoms with van der Waals surface area (Å²) in [6.07, 6.45) is 3.47. The Hall–Kier alpha value is -2.34. The van der Waals surface area contributed by atoms with Crippen LogP contribution in [0.1, 0.15) is 21.6 Å². The van der Waals surface area contributed by atoms with E-state index < -0.39 is 0 Å². The number of carbonyl (C=O) groups is 1. The number of aryl methyl sites for hydroxylation is 1. The zero-order valence-corrected chi connectivity index (χ0v) is 17.5. The lowest BCUT2D eigenvalue weighted by Gasteiger charge is -2.14. The number of nitrogens with zero attached hydrogens (tertiary/aromatic N) is 4. The van der Waals surface area contributed by atoms with E-state index in [4.69, 9.17) is 16.9 Å². The first-order valence-corrected chi connectivity index (χ1v) is 10.1. The molecule has 0 bridgehead atoms. The highest BCUT2D eigenvalue weighted by molar-refractivity contribution is 9.10. The minimum Gasteiger partial charge on any atom is -0.319 e. The maximum absolute atomic E-state index is 13.0. The molecule has 0 aliphatic heterocycles. The van der Waals surface area contributed by atoms with Crippen molar-refractivity contribution in [3.63, 3.8) is 0 Å². The van der Waals surface area contributed by atoms with Crippen LogP contribution in [0.5, 0.6) is 0 Å². The SMILES string of the molecule is CSc1cc(C#N)cc(C)c1NC(=O)c1cc(Br)nn1-c1ncccc1Cl. The molecule has 27 heavy (non-hydrogen) atoms. The van der Waals surface area contributed by atoms with Crippen molar-refractivity contribution >= 4 is 50.9 Å². The molecular weight excluding hydrogens is 450 g/mol. The molecule has 0 radical (unpaired) electrons. The van der Waals surface area contributed by atoms with Gasteiger partial charge in [0.1, 0.15) is 10.3 Å². The third-order valence-electron chi connectivity index (χ3n) is 3.74. The molecule has 1 N–H and O–H groups in total. The Kier molecular flexibility index (Phi) is 5.85. The van der Waals surface area contributed by atoms with Crippen molar-refractivity contribution in [2.24, 2.45) is 0 Å². The Morgan fingerprint density at radius 1 is 1.41 bits per heavy atom. The predicted octanol–water partition coefficient (Wildman–Crippen LogP) is 4.84. The van der Waals surface area contributed by atoms with E-state index in [9.17, 15) is 4.79 Å². The fourth-order valence-corrected chi connectivity index (χ4v) is 3.76. The minimum absolute atomic E-state index is 0.276. The zero-order chi connectivity index (χ0) is 19.6. The van der Waals surface area contributed by atoms with Crippen LogP contribution in [-0.2, 0) is 0 Å². The largest absolute Gasteiger partial charge is 0.319 e. The van der Waals surface area contributed by atoms with E-state index in [2.05, 4.69) is 37.4 Å². The molecule has 0 spiro atoms. The lowest BCUT2D eigenvalue weighted by atomic mass is 10.1. The molecule has 3 rings (SSSR count). The third-order valence-corrected chi connectivity index (χ3v) is 5.18. The smallest absolute Gasteiger partial charge is 0.274 e. The normalized spacial score (nSPS) is 10.5. The molecule has 0 atom stereocenters. The van der Waals surface area contributed by atoms with Crippen molar-refractivity contribution in [2.75, 3.05) is 11.6 Å². The Morgan fingerprint density at radius 2 is 2.19 bits per heavy atom. The van der Waals surface area contributed by atoms with E-state index >= 15 is 0 Å². The van der Waals surface area contributed by atoms with E-state index in [0.29, 0.717) is 26.7 Å². The summed E-state index contributed by atoms with van der Waals surface area (Å²) in [6.45, 7) is 1.85. The number of pyridine rings is 1. The Bertz CT molecular complexity index is 1080. The van der Waals surface area contributed by atoms with Gasteiger partial charge in [-0.3, -0.25) is 4.79 Å². The second-order valence-electron chi connectivity index (χ2n) is 5.51. The average Bonchev–Trinajstić information content (AvgIpc) is 3.05. The van der Waals surface area contributed by atoms with E-state index in [1.54, 1.807) is 36.5 Å². The van der Waals surface area contributed by atoms with Gasteiger partial charge in [0.15, 0.2) is 5.82 Å². The number of carbonyl (C=O) groups excluding carboxylic acids is 1. The van der Waals surface area contributed by atoms with Gasteiger partial charge < -0.3 is 5.32 Å². The van der Waals surface area contributed by atoms with Crippen LogP contribution < -0.4 is 5.32 Å². The number of hydrogen-bond donors (Lipinski definition) is 1. The Balaban J connectivity index is 2.02. The van der Waals surface area contributed by atoms with Gasteiger partial charge in [-0.1, -0.05) is 11.6 Å². The molecule has 136 valence electrons. The van der Waals surface area contributed by atoms with Crippen LogP contribution in [0.3, 0.4) is 0 Å². The third kappa shape index (κ3) is 4.00. The Labute approximate surface area is 173 Å². The molecule has 0 saturated carbocycles. The van der Waals surface area contributed by atoms with Gasteiger partial charge in [0, 0.05) is 17.2 Å². The lowest BCUT2D eigenvalue weighted by molar-refractivity contribution is 0.101. The second-order valence-corrected chi connectivity index (χ2v) is 7.58. The van der Waals surface area contributed by atoms with Crippen molar-refractivity contribution in [2.45, 2.75) is 11.8 Å². The summed E-state index contributed by atoms with van der Waals surface area (Å²) in [5.74, 6) is -0.00492. The zero-order valence-electron chi connectivity index (χ0n) is 14.3. The molecular formula is C18H13BrClN5OS. The fourth-order valence-electron chi connectivity index (χ4n) is 2.53. The number of nitriles is 1. The van der Waals surface area contributed by atoms with Crippen LogP contribution in [0.2, 0.25) is 5.02 Å². The van der Waals surface area contributed by atoms with Gasteiger partial charge in [0.05, 0.1) is 22.3 Å². The van der Waals surface area contributed by atoms with Gasteiger partial charge in [-0.25, -0.2) is 9.67 Å². The topological polar surface area (TPSA) is 83.6 Å². The summed E-state index contributed by atoms with van der Waals surface area (Å²) in [6, 6.07) is 10.6. The molecule has 0 fully saturated rings. The number of anilines is 1. The van der Waals surface area contributed by atoms with Crippen molar-refractivity contribution < 1.29 is 4.79 Å². The Morgan fingerprint density at radius 3 is 2.85 bits per heavy atom. The monoisotopic (exact) mass is 461 g/mol. The van der Waals surface area contributed by atoms with E-state index in [0.717, 1.165) is 10.5 Å². The fraction of sp³-hybridized carbons (Fsp3) is 0.111. The second kappa shape index (κ2) is 8.13. The van der Waals surface area contributed by atoms with Crippen LogP contribution in [0, 0.1) is 18.3 Å². The maximum atomic E-state index is 13.0. The van der Waals surface area contributed by atoms with Gasteiger partial charge in [-0.15, -0.1) is 11.8 Å². The lowest BCUT2D eigenvalue weighted by Crippen LogP contribution is -2.18. The number of hydrogen-bond acceptors (Lipinski definition) is 5. The molecule has 0 unspecified atom stereocenters.